The Labute approximate surface area is 203 Å². The molecular weight excluding hydrogens is 489 g/mol. The maximum absolute atomic E-state index is 12.4. The zero-order chi connectivity index (χ0) is 24.0. The summed E-state index contributed by atoms with van der Waals surface area (Å²) in [6.45, 7) is 5.99. The number of nitro groups is 1. The Morgan fingerprint density at radius 1 is 1.30 bits per heavy atom. The minimum atomic E-state index is -0.613. The first kappa shape index (κ1) is 24.6. The standard InChI is InChI=1S/C21H19Cl2N5O4S/c1-3-10-27-20(13(2)32-18-7-5-4-6-16(18)23)25-26-21(27)33-12-19(29)24-14-8-9-15(22)17(11-14)28(30)31/h3-9,11,13H,1,10,12H2,2H3,(H,24,29). The van der Waals surface area contributed by atoms with Crippen LogP contribution < -0.4 is 10.1 Å². The average molecular weight is 508 g/mol. The van der Waals surface area contributed by atoms with Crippen molar-refractivity contribution in [1.29, 1.82) is 0 Å². The van der Waals surface area contributed by atoms with Crippen LogP contribution >= 0.6 is 35.0 Å². The summed E-state index contributed by atoms with van der Waals surface area (Å²) in [5.41, 5.74) is -0.0169. The number of benzene rings is 2. The minimum Gasteiger partial charge on any atom is -0.481 e. The number of thioether (sulfide) groups is 1. The molecule has 2 aromatic carbocycles. The lowest BCUT2D eigenvalue weighted by Gasteiger charge is -2.16. The summed E-state index contributed by atoms with van der Waals surface area (Å²) in [6, 6.07) is 11.2. The van der Waals surface area contributed by atoms with E-state index >= 15 is 0 Å². The molecule has 1 heterocycles. The Balaban J connectivity index is 1.68. The van der Waals surface area contributed by atoms with Crippen LogP contribution in [0.5, 0.6) is 5.75 Å². The molecule has 0 bridgehead atoms. The van der Waals surface area contributed by atoms with E-state index in [0.717, 1.165) is 11.8 Å². The van der Waals surface area contributed by atoms with Crippen LogP contribution in [0.25, 0.3) is 0 Å². The number of nitro benzene ring substituents is 1. The summed E-state index contributed by atoms with van der Waals surface area (Å²) in [6.07, 6.45) is 1.22. The third-order valence-corrected chi connectivity index (χ3v) is 5.92. The van der Waals surface area contributed by atoms with Crippen molar-refractivity contribution in [3.05, 3.63) is 81.1 Å². The highest BCUT2D eigenvalue weighted by Crippen LogP contribution is 2.30. The Hall–Kier alpha value is -3.08. The topological polar surface area (TPSA) is 112 Å². The zero-order valence-corrected chi connectivity index (χ0v) is 19.7. The number of carbonyl (C=O) groups is 1. The van der Waals surface area contributed by atoms with Gasteiger partial charge in [0.1, 0.15) is 10.8 Å². The van der Waals surface area contributed by atoms with E-state index in [9.17, 15) is 14.9 Å². The number of hydrogen-bond donors (Lipinski definition) is 1. The van der Waals surface area contributed by atoms with Crippen molar-refractivity contribution in [1.82, 2.24) is 14.8 Å². The molecule has 3 rings (SSSR count). The van der Waals surface area contributed by atoms with Crippen molar-refractivity contribution in [3.8, 4) is 5.75 Å². The van der Waals surface area contributed by atoms with Gasteiger partial charge in [0.2, 0.25) is 5.91 Å². The van der Waals surface area contributed by atoms with Gasteiger partial charge in [-0.1, -0.05) is 53.2 Å². The number of rotatable bonds is 10. The first-order valence-electron chi connectivity index (χ1n) is 9.62. The van der Waals surface area contributed by atoms with Gasteiger partial charge >= 0.3 is 0 Å². The molecule has 1 N–H and O–H groups in total. The molecule has 0 aliphatic rings. The van der Waals surface area contributed by atoms with Gasteiger partial charge in [-0.05, 0) is 31.2 Å². The predicted octanol–water partition coefficient (Wildman–Crippen LogP) is 5.55. The number of hydrogen-bond acceptors (Lipinski definition) is 7. The van der Waals surface area contributed by atoms with Crippen molar-refractivity contribution >= 4 is 52.2 Å². The number of amides is 1. The molecule has 1 unspecified atom stereocenters. The van der Waals surface area contributed by atoms with Crippen LogP contribution in [0.2, 0.25) is 10.0 Å². The van der Waals surface area contributed by atoms with E-state index in [1.807, 2.05) is 19.1 Å². The number of halogens is 2. The Morgan fingerprint density at radius 3 is 2.76 bits per heavy atom. The van der Waals surface area contributed by atoms with Crippen LogP contribution in [0.1, 0.15) is 18.9 Å². The third kappa shape index (κ3) is 6.25. The molecule has 12 heteroatoms. The van der Waals surface area contributed by atoms with Gasteiger partial charge in [-0.15, -0.1) is 16.8 Å². The van der Waals surface area contributed by atoms with Gasteiger partial charge < -0.3 is 10.1 Å². The van der Waals surface area contributed by atoms with Gasteiger partial charge in [-0.25, -0.2) is 0 Å². The fourth-order valence-electron chi connectivity index (χ4n) is 2.85. The number of nitrogens with one attached hydrogen (secondary N) is 1. The van der Waals surface area contributed by atoms with Gasteiger partial charge in [-0.2, -0.15) is 0 Å². The first-order valence-corrected chi connectivity index (χ1v) is 11.4. The second kappa shape index (κ2) is 11.2. The monoisotopic (exact) mass is 507 g/mol. The molecular formula is C21H19Cl2N5O4S. The van der Waals surface area contributed by atoms with Crippen molar-refractivity contribution in [2.24, 2.45) is 0 Å². The highest BCUT2D eigenvalue weighted by Gasteiger charge is 2.21. The van der Waals surface area contributed by atoms with Gasteiger partial charge in [0.15, 0.2) is 17.1 Å². The molecule has 0 radical (unpaired) electrons. The largest absolute Gasteiger partial charge is 0.481 e. The Kier molecular flexibility index (Phi) is 8.32. The van der Waals surface area contributed by atoms with Crippen molar-refractivity contribution in [2.45, 2.75) is 24.7 Å². The second-order valence-electron chi connectivity index (χ2n) is 6.69. The molecule has 0 saturated heterocycles. The average Bonchev–Trinajstić information content (AvgIpc) is 3.18. The lowest BCUT2D eigenvalue weighted by atomic mass is 10.3. The van der Waals surface area contributed by atoms with E-state index in [1.165, 1.54) is 18.2 Å². The van der Waals surface area contributed by atoms with E-state index in [1.54, 1.807) is 22.8 Å². The van der Waals surface area contributed by atoms with Crippen LogP contribution in [0.4, 0.5) is 11.4 Å². The summed E-state index contributed by atoms with van der Waals surface area (Å²) in [4.78, 5) is 22.8. The smallest absolute Gasteiger partial charge is 0.289 e. The fourth-order valence-corrected chi connectivity index (χ4v) is 3.97. The predicted molar refractivity (Wildman–Crippen MR) is 128 cm³/mol. The van der Waals surface area contributed by atoms with Crippen LogP contribution in [0.15, 0.2) is 60.3 Å². The Morgan fingerprint density at radius 2 is 2.06 bits per heavy atom. The lowest BCUT2D eigenvalue weighted by Crippen LogP contribution is -2.15. The van der Waals surface area contributed by atoms with E-state index in [4.69, 9.17) is 27.9 Å². The molecule has 1 atom stereocenters. The molecule has 9 nitrogen and oxygen atoms in total. The quantitative estimate of drug-likeness (QED) is 0.165. The normalized spacial score (nSPS) is 11.6. The van der Waals surface area contributed by atoms with E-state index in [-0.39, 0.29) is 28.1 Å². The summed E-state index contributed by atoms with van der Waals surface area (Å²) >= 11 is 13.1. The maximum Gasteiger partial charge on any atom is 0.289 e. The van der Waals surface area contributed by atoms with Crippen LogP contribution in [0.3, 0.4) is 0 Å². The second-order valence-corrected chi connectivity index (χ2v) is 8.45. The maximum atomic E-state index is 12.4. The third-order valence-electron chi connectivity index (χ3n) is 4.32. The molecule has 0 aliphatic heterocycles. The summed E-state index contributed by atoms with van der Waals surface area (Å²) in [5.74, 6) is 0.703. The summed E-state index contributed by atoms with van der Waals surface area (Å²) < 4.78 is 7.72. The number of anilines is 1. The molecule has 33 heavy (non-hydrogen) atoms. The van der Waals surface area contributed by atoms with E-state index in [2.05, 4.69) is 22.1 Å². The number of nitrogens with zero attached hydrogens (tertiary/aromatic N) is 4. The number of carbonyl (C=O) groups excluding carboxylic acids is 1. The van der Waals surface area contributed by atoms with Gasteiger partial charge in [-0.3, -0.25) is 19.5 Å². The first-order chi connectivity index (χ1) is 15.8. The molecule has 0 aliphatic carbocycles. The van der Waals surface area contributed by atoms with Gasteiger partial charge in [0.05, 0.1) is 15.7 Å². The molecule has 0 saturated carbocycles. The molecule has 0 fully saturated rings. The Bertz CT molecular complexity index is 1190. The molecule has 1 amide bonds. The van der Waals surface area contributed by atoms with Gasteiger partial charge in [0.25, 0.3) is 5.69 Å². The van der Waals surface area contributed by atoms with Crippen molar-refractivity contribution < 1.29 is 14.5 Å². The van der Waals surface area contributed by atoms with Crippen molar-refractivity contribution in [2.75, 3.05) is 11.1 Å². The van der Waals surface area contributed by atoms with Crippen LogP contribution in [-0.4, -0.2) is 31.3 Å². The number of aromatic nitrogens is 3. The summed E-state index contributed by atoms with van der Waals surface area (Å²) in [5, 5.41) is 23.0. The fraction of sp³-hybridized carbons (Fsp3) is 0.190. The van der Waals surface area contributed by atoms with Crippen molar-refractivity contribution in [3.63, 3.8) is 0 Å². The lowest BCUT2D eigenvalue weighted by molar-refractivity contribution is -0.384. The summed E-state index contributed by atoms with van der Waals surface area (Å²) in [7, 11) is 0. The minimum absolute atomic E-state index is 0.00541. The highest BCUT2D eigenvalue weighted by atomic mass is 35.5. The zero-order valence-electron chi connectivity index (χ0n) is 17.4. The molecule has 1 aromatic heterocycles. The van der Waals surface area contributed by atoms with Crippen LogP contribution in [0, 0.1) is 10.1 Å². The van der Waals surface area contributed by atoms with E-state index in [0.29, 0.717) is 28.3 Å². The number of allylic oxidation sites excluding steroid dienone is 1. The highest BCUT2D eigenvalue weighted by molar-refractivity contribution is 7.99. The number of ether oxygens (including phenoxy) is 1. The molecule has 0 spiro atoms. The molecule has 172 valence electrons. The van der Waals surface area contributed by atoms with E-state index < -0.39 is 11.0 Å². The molecule has 3 aromatic rings. The number of para-hydroxylation sites is 1. The van der Waals surface area contributed by atoms with Crippen LogP contribution in [-0.2, 0) is 11.3 Å². The SMILES string of the molecule is C=CCn1c(SCC(=O)Nc2ccc(Cl)c([N+](=O)[O-])c2)nnc1C(C)Oc1ccccc1Cl. The van der Waals surface area contributed by atoms with Gasteiger partial charge in [0, 0.05) is 18.3 Å².